The van der Waals surface area contributed by atoms with E-state index in [0.29, 0.717) is 34.1 Å². The van der Waals surface area contributed by atoms with E-state index in [1.807, 2.05) is 0 Å². The van der Waals surface area contributed by atoms with Crippen molar-refractivity contribution in [2.75, 3.05) is 28.4 Å². The first-order valence-electron chi connectivity index (χ1n) is 7.44. The molecule has 0 amide bonds. The van der Waals surface area contributed by atoms with E-state index in [-0.39, 0.29) is 5.57 Å². The quantitative estimate of drug-likeness (QED) is 0.613. The monoisotopic (exact) mass is 344 g/mol. The molecule has 0 aromatic heterocycles. The van der Waals surface area contributed by atoms with Crippen LogP contribution in [0.1, 0.15) is 11.1 Å². The summed E-state index contributed by atoms with van der Waals surface area (Å²) in [5, 5.41) is 9.68. The minimum absolute atomic E-state index is 0.0722. The molecule has 0 fully saturated rings. The molecule has 0 heterocycles. The Morgan fingerprint density at radius 1 is 0.840 bits per heavy atom. The molecule has 1 N–H and O–H groups in total. The first-order valence-corrected chi connectivity index (χ1v) is 7.44. The van der Waals surface area contributed by atoms with E-state index < -0.39 is 5.97 Å². The zero-order chi connectivity index (χ0) is 18.4. The maximum atomic E-state index is 11.8. The van der Waals surface area contributed by atoms with Crippen molar-refractivity contribution in [3.8, 4) is 23.0 Å². The molecule has 2 aromatic carbocycles. The minimum Gasteiger partial charge on any atom is -0.496 e. The number of carbonyl (C=O) groups is 1. The molecular weight excluding hydrogens is 324 g/mol. The lowest BCUT2D eigenvalue weighted by atomic mass is 10.0. The van der Waals surface area contributed by atoms with Gasteiger partial charge in [0, 0.05) is 17.2 Å². The van der Waals surface area contributed by atoms with Crippen molar-refractivity contribution in [3.63, 3.8) is 0 Å². The average molecular weight is 344 g/mol. The molecule has 0 aliphatic heterocycles. The third-order valence-electron chi connectivity index (χ3n) is 3.66. The van der Waals surface area contributed by atoms with Gasteiger partial charge in [-0.3, -0.25) is 0 Å². The summed E-state index contributed by atoms with van der Waals surface area (Å²) in [6, 6.07) is 10.2. The Morgan fingerprint density at radius 3 is 1.96 bits per heavy atom. The van der Waals surface area contributed by atoms with E-state index in [4.69, 9.17) is 18.9 Å². The standard InChI is InChI=1S/C19H20O6/c1-22-15-8-6-5-7-13(15)14(19(20)21)9-12-10-17(24-3)18(25-4)11-16(12)23-2/h5-11H,1-4H3,(H,20,21)/b14-9-. The Morgan fingerprint density at radius 2 is 1.40 bits per heavy atom. The van der Waals surface area contributed by atoms with Crippen molar-refractivity contribution in [3.05, 3.63) is 47.5 Å². The van der Waals surface area contributed by atoms with Crippen LogP contribution in [0, 0.1) is 0 Å². The summed E-state index contributed by atoms with van der Waals surface area (Å²) in [7, 11) is 6.03. The first kappa shape index (κ1) is 18.2. The third kappa shape index (κ3) is 3.85. The van der Waals surface area contributed by atoms with E-state index in [1.165, 1.54) is 34.5 Å². The second-order valence-corrected chi connectivity index (χ2v) is 5.01. The predicted octanol–water partition coefficient (Wildman–Crippen LogP) is 3.35. The normalized spacial score (nSPS) is 11.0. The lowest BCUT2D eigenvalue weighted by molar-refractivity contribution is -0.130. The van der Waals surface area contributed by atoms with Gasteiger partial charge in [0.2, 0.25) is 0 Å². The van der Waals surface area contributed by atoms with Gasteiger partial charge >= 0.3 is 5.97 Å². The smallest absolute Gasteiger partial charge is 0.336 e. The van der Waals surface area contributed by atoms with Crippen LogP contribution in [0.3, 0.4) is 0 Å². The first-order chi connectivity index (χ1) is 12.0. The predicted molar refractivity (Wildman–Crippen MR) is 94.6 cm³/mol. The minimum atomic E-state index is -1.08. The number of methoxy groups -OCH3 is 4. The van der Waals surface area contributed by atoms with E-state index in [0.717, 1.165) is 0 Å². The van der Waals surface area contributed by atoms with Crippen LogP contribution in [0.2, 0.25) is 0 Å². The van der Waals surface area contributed by atoms with Gasteiger partial charge in [0.05, 0.1) is 34.0 Å². The lowest BCUT2D eigenvalue weighted by Gasteiger charge is -2.13. The van der Waals surface area contributed by atoms with Crippen molar-refractivity contribution >= 4 is 17.6 Å². The second-order valence-electron chi connectivity index (χ2n) is 5.01. The fourth-order valence-corrected chi connectivity index (χ4v) is 2.44. The number of aliphatic carboxylic acids is 1. The number of hydrogen-bond donors (Lipinski definition) is 1. The van der Waals surface area contributed by atoms with Crippen LogP contribution in [-0.2, 0) is 4.79 Å². The molecule has 0 saturated carbocycles. The van der Waals surface area contributed by atoms with Gasteiger partial charge < -0.3 is 24.1 Å². The van der Waals surface area contributed by atoms with Crippen LogP contribution in [0.25, 0.3) is 11.6 Å². The molecule has 0 aliphatic carbocycles. The van der Waals surface area contributed by atoms with E-state index >= 15 is 0 Å². The summed E-state index contributed by atoms with van der Waals surface area (Å²) in [6.45, 7) is 0. The van der Waals surface area contributed by atoms with E-state index in [2.05, 4.69) is 0 Å². The van der Waals surface area contributed by atoms with Gasteiger partial charge in [0.1, 0.15) is 11.5 Å². The maximum absolute atomic E-state index is 11.8. The highest BCUT2D eigenvalue weighted by Gasteiger charge is 2.18. The Hall–Kier alpha value is -3.15. The van der Waals surface area contributed by atoms with Crippen LogP contribution in [0.4, 0.5) is 0 Å². The van der Waals surface area contributed by atoms with Gasteiger partial charge in [0.15, 0.2) is 11.5 Å². The zero-order valence-corrected chi connectivity index (χ0v) is 14.5. The lowest BCUT2D eigenvalue weighted by Crippen LogP contribution is -2.02. The van der Waals surface area contributed by atoms with E-state index in [9.17, 15) is 9.90 Å². The van der Waals surface area contributed by atoms with Crippen molar-refractivity contribution in [1.82, 2.24) is 0 Å². The van der Waals surface area contributed by atoms with Gasteiger partial charge in [-0.2, -0.15) is 0 Å². The number of rotatable bonds is 7. The summed E-state index contributed by atoms with van der Waals surface area (Å²) in [6.07, 6.45) is 1.51. The van der Waals surface area contributed by atoms with Crippen molar-refractivity contribution in [2.24, 2.45) is 0 Å². The van der Waals surface area contributed by atoms with E-state index in [1.54, 1.807) is 36.4 Å². The van der Waals surface area contributed by atoms with Gasteiger partial charge in [-0.15, -0.1) is 0 Å². The Labute approximate surface area is 146 Å². The summed E-state index contributed by atoms with van der Waals surface area (Å²) in [5.41, 5.74) is 1.08. The van der Waals surface area contributed by atoms with Gasteiger partial charge in [-0.05, 0) is 18.2 Å². The third-order valence-corrected chi connectivity index (χ3v) is 3.66. The van der Waals surface area contributed by atoms with Crippen LogP contribution in [0.5, 0.6) is 23.0 Å². The highest BCUT2D eigenvalue weighted by atomic mass is 16.5. The molecule has 25 heavy (non-hydrogen) atoms. The number of benzene rings is 2. The largest absolute Gasteiger partial charge is 0.496 e. The number of hydrogen-bond acceptors (Lipinski definition) is 5. The van der Waals surface area contributed by atoms with Crippen molar-refractivity contribution in [1.29, 1.82) is 0 Å². The average Bonchev–Trinajstić information content (AvgIpc) is 2.65. The number of carboxylic acid groups (broad SMARTS) is 1. The molecule has 0 spiro atoms. The zero-order valence-electron chi connectivity index (χ0n) is 14.5. The summed E-state index contributed by atoms with van der Waals surface area (Å²) < 4.78 is 21.2. The topological polar surface area (TPSA) is 74.2 Å². The molecule has 0 unspecified atom stereocenters. The molecule has 0 radical (unpaired) electrons. The number of para-hydroxylation sites is 1. The molecule has 132 valence electrons. The molecule has 0 bridgehead atoms. The molecule has 0 saturated heterocycles. The molecule has 2 aromatic rings. The van der Waals surface area contributed by atoms with Crippen LogP contribution >= 0.6 is 0 Å². The number of ether oxygens (including phenoxy) is 4. The van der Waals surface area contributed by atoms with Crippen LogP contribution in [0.15, 0.2) is 36.4 Å². The maximum Gasteiger partial charge on any atom is 0.336 e. The van der Waals surface area contributed by atoms with Gasteiger partial charge in [0.25, 0.3) is 0 Å². The van der Waals surface area contributed by atoms with Crippen LogP contribution < -0.4 is 18.9 Å². The summed E-state index contributed by atoms with van der Waals surface area (Å²) >= 11 is 0. The van der Waals surface area contributed by atoms with Crippen molar-refractivity contribution < 1.29 is 28.8 Å². The van der Waals surface area contributed by atoms with Crippen LogP contribution in [-0.4, -0.2) is 39.5 Å². The summed E-state index contributed by atoms with van der Waals surface area (Å²) in [5.74, 6) is 0.813. The Balaban J connectivity index is 2.67. The number of carboxylic acids is 1. The second kappa shape index (κ2) is 8.10. The van der Waals surface area contributed by atoms with Crippen molar-refractivity contribution in [2.45, 2.75) is 0 Å². The van der Waals surface area contributed by atoms with Gasteiger partial charge in [-0.25, -0.2) is 4.79 Å². The molecular formula is C19H20O6. The fourth-order valence-electron chi connectivity index (χ4n) is 2.44. The molecule has 6 nitrogen and oxygen atoms in total. The molecule has 0 atom stereocenters. The highest BCUT2D eigenvalue weighted by molar-refractivity contribution is 6.21. The Bertz CT molecular complexity index is 794. The molecule has 6 heteroatoms. The molecule has 0 aliphatic rings. The molecule has 2 rings (SSSR count). The van der Waals surface area contributed by atoms with Gasteiger partial charge in [-0.1, -0.05) is 18.2 Å². The Kier molecular flexibility index (Phi) is 5.89. The fraction of sp³-hybridized carbons (Fsp3) is 0.211. The highest BCUT2D eigenvalue weighted by Crippen LogP contribution is 2.37. The SMILES string of the molecule is COc1cc(OC)c(OC)cc1/C=C(\C(=O)O)c1ccccc1OC. The summed E-state index contributed by atoms with van der Waals surface area (Å²) in [4.78, 5) is 11.8.